The fraction of sp³-hybridized carbons (Fsp3) is 0.450. The number of rotatable bonds is 2. The summed E-state index contributed by atoms with van der Waals surface area (Å²) in [5.41, 5.74) is 4.13. The lowest BCUT2D eigenvalue weighted by Crippen LogP contribution is -2.45. The second kappa shape index (κ2) is 6.56. The molecule has 5 heteroatoms. The van der Waals surface area contributed by atoms with Crippen molar-refractivity contribution < 1.29 is 4.79 Å². The smallest absolute Gasteiger partial charge is 0.225 e. The van der Waals surface area contributed by atoms with E-state index in [4.69, 9.17) is 4.98 Å². The number of carbonyl (C=O) groups is 1. The highest BCUT2D eigenvalue weighted by Gasteiger charge is 2.29. The molecule has 0 N–H and O–H groups in total. The van der Waals surface area contributed by atoms with Crippen LogP contribution < -0.4 is 4.90 Å². The van der Waals surface area contributed by atoms with E-state index in [0.717, 1.165) is 44.2 Å². The van der Waals surface area contributed by atoms with Gasteiger partial charge in [-0.15, -0.1) is 0 Å². The summed E-state index contributed by atoms with van der Waals surface area (Å²) in [5, 5.41) is 0. The van der Waals surface area contributed by atoms with Gasteiger partial charge in [-0.25, -0.2) is 9.97 Å². The molecule has 0 saturated carbocycles. The number of Topliss-reactive ketones (excluding diaryl/α,β-unsaturated/α-hetero) is 1. The third-order valence-electron chi connectivity index (χ3n) is 5.44. The molecule has 0 spiro atoms. The topological polar surface area (TPSA) is 49.3 Å². The van der Waals surface area contributed by atoms with Crippen LogP contribution in [0.15, 0.2) is 30.5 Å². The number of fused-ring (bicyclic) bond motifs is 1. The van der Waals surface area contributed by atoms with Crippen molar-refractivity contribution in [2.45, 2.75) is 25.7 Å². The second-order valence-electron chi connectivity index (χ2n) is 7.21. The first-order valence-corrected chi connectivity index (χ1v) is 9.00. The van der Waals surface area contributed by atoms with Gasteiger partial charge in [0.1, 0.15) is 0 Å². The second-order valence-corrected chi connectivity index (χ2v) is 7.21. The molecule has 4 rings (SSSR count). The zero-order valence-corrected chi connectivity index (χ0v) is 14.9. The molecule has 2 aromatic rings. The van der Waals surface area contributed by atoms with Gasteiger partial charge in [0, 0.05) is 38.8 Å². The number of nitrogens with zero attached hydrogens (tertiary/aromatic N) is 4. The highest BCUT2D eigenvalue weighted by Crippen LogP contribution is 2.33. The van der Waals surface area contributed by atoms with Crippen molar-refractivity contribution in [1.29, 1.82) is 0 Å². The number of piperazine rings is 1. The number of benzene rings is 1. The van der Waals surface area contributed by atoms with E-state index in [1.807, 2.05) is 6.07 Å². The Hall–Kier alpha value is -2.27. The Kier molecular flexibility index (Phi) is 4.25. The summed E-state index contributed by atoms with van der Waals surface area (Å²) in [4.78, 5) is 26.4. The summed E-state index contributed by atoms with van der Waals surface area (Å²) < 4.78 is 0. The number of carbonyl (C=O) groups excluding carboxylic acids is 1. The van der Waals surface area contributed by atoms with E-state index in [1.165, 1.54) is 11.1 Å². The maximum atomic E-state index is 12.6. The summed E-state index contributed by atoms with van der Waals surface area (Å²) >= 11 is 0. The van der Waals surface area contributed by atoms with Crippen LogP contribution in [0.1, 0.15) is 39.5 Å². The van der Waals surface area contributed by atoms with Crippen LogP contribution in [0.5, 0.6) is 0 Å². The van der Waals surface area contributed by atoms with Crippen molar-refractivity contribution in [3.63, 3.8) is 0 Å². The van der Waals surface area contributed by atoms with Gasteiger partial charge in [-0.3, -0.25) is 4.79 Å². The molecule has 1 aromatic heterocycles. The van der Waals surface area contributed by atoms with E-state index in [1.54, 1.807) is 6.20 Å². The van der Waals surface area contributed by atoms with Crippen LogP contribution in [0.25, 0.3) is 0 Å². The van der Waals surface area contributed by atoms with Crippen molar-refractivity contribution >= 4 is 11.7 Å². The van der Waals surface area contributed by atoms with Crippen LogP contribution in [0.3, 0.4) is 0 Å². The summed E-state index contributed by atoms with van der Waals surface area (Å²) in [5.74, 6) is 1.15. The Labute approximate surface area is 148 Å². The number of ketones is 1. The zero-order valence-electron chi connectivity index (χ0n) is 14.9. The van der Waals surface area contributed by atoms with Gasteiger partial charge in [0.25, 0.3) is 0 Å². The molecular weight excluding hydrogens is 312 g/mol. The molecule has 1 aromatic carbocycles. The maximum Gasteiger partial charge on any atom is 0.225 e. The number of aryl methyl sites for hydroxylation is 1. The van der Waals surface area contributed by atoms with Gasteiger partial charge >= 0.3 is 0 Å². The van der Waals surface area contributed by atoms with Gasteiger partial charge in [-0.2, -0.15) is 0 Å². The monoisotopic (exact) mass is 336 g/mol. The molecule has 0 bridgehead atoms. The fourth-order valence-electron chi connectivity index (χ4n) is 3.86. The van der Waals surface area contributed by atoms with Crippen LogP contribution in [-0.2, 0) is 6.42 Å². The normalized spacial score (nSPS) is 21.3. The molecule has 5 nitrogen and oxygen atoms in total. The van der Waals surface area contributed by atoms with Gasteiger partial charge < -0.3 is 9.80 Å². The lowest BCUT2D eigenvalue weighted by Gasteiger charge is -2.33. The van der Waals surface area contributed by atoms with Gasteiger partial charge in [0.15, 0.2) is 5.78 Å². The molecule has 2 aliphatic rings. The standard InChI is InChI=1S/C20H24N4O/c1-14-5-3-4-6-16(14)15-11-18-17(19(25)12-15)13-21-20(22-18)24-9-7-23(2)8-10-24/h3-6,13,15H,7-12H2,1-2H3. The van der Waals surface area contributed by atoms with Gasteiger partial charge in [-0.1, -0.05) is 24.3 Å². The van der Waals surface area contributed by atoms with Crippen molar-refractivity contribution in [2.75, 3.05) is 38.1 Å². The Morgan fingerprint density at radius 1 is 1.08 bits per heavy atom. The maximum absolute atomic E-state index is 12.6. The third-order valence-corrected chi connectivity index (χ3v) is 5.44. The first kappa shape index (κ1) is 16.2. The van der Waals surface area contributed by atoms with E-state index in [9.17, 15) is 4.79 Å². The minimum absolute atomic E-state index is 0.166. The molecule has 25 heavy (non-hydrogen) atoms. The van der Waals surface area contributed by atoms with E-state index in [0.29, 0.717) is 12.0 Å². The average molecular weight is 336 g/mol. The Morgan fingerprint density at radius 2 is 1.84 bits per heavy atom. The van der Waals surface area contributed by atoms with E-state index in [2.05, 4.69) is 47.0 Å². The Balaban J connectivity index is 1.62. The van der Waals surface area contributed by atoms with Crippen LogP contribution >= 0.6 is 0 Å². The van der Waals surface area contributed by atoms with Crippen molar-refractivity contribution in [3.05, 3.63) is 52.8 Å². The molecule has 1 saturated heterocycles. The summed E-state index contributed by atoms with van der Waals surface area (Å²) in [6.07, 6.45) is 3.11. The first-order chi connectivity index (χ1) is 12.1. The number of aromatic nitrogens is 2. The summed E-state index contributed by atoms with van der Waals surface area (Å²) in [6, 6.07) is 8.36. The van der Waals surface area contributed by atoms with Gasteiger partial charge in [0.05, 0.1) is 11.3 Å². The Bertz CT molecular complexity index is 796. The average Bonchev–Trinajstić information content (AvgIpc) is 2.62. The lowest BCUT2D eigenvalue weighted by molar-refractivity contribution is 0.0962. The van der Waals surface area contributed by atoms with Crippen LogP contribution in [0.4, 0.5) is 5.95 Å². The predicted molar refractivity (Wildman–Crippen MR) is 98.3 cm³/mol. The number of hydrogen-bond donors (Lipinski definition) is 0. The molecule has 1 atom stereocenters. The highest BCUT2D eigenvalue weighted by molar-refractivity contribution is 5.98. The van der Waals surface area contributed by atoms with Gasteiger partial charge in [-0.05, 0) is 37.4 Å². The largest absolute Gasteiger partial charge is 0.338 e. The van der Waals surface area contributed by atoms with E-state index >= 15 is 0 Å². The highest BCUT2D eigenvalue weighted by atomic mass is 16.1. The van der Waals surface area contributed by atoms with Gasteiger partial charge in [0.2, 0.25) is 5.95 Å². The molecule has 0 radical (unpaired) electrons. The van der Waals surface area contributed by atoms with Crippen LogP contribution in [0.2, 0.25) is 0 Å². The minimum atomic E-state index is 0.166. The SMILES string of the molecule is Cc1ccccc1C1CC(=O)c2cnc(N3CCN(C)CC3)nc2C1. The predicted octanol–water partition coefficient (Wildman–Crippen LogP) is 2.45. The van der Waals surface area contributed by atoms with Crippen LogP contribution in [-0.4, -0.2) is 53.9 Å². The van der Waals surface area contributed by atoms with Crippen molar-refractivity contribution in [2.24, 2.45) is 0 Å². The molecule has 2 heterocycles. The Morgan fingerprint density at radius 3 is 2.60 bits per heavy atom. The first-order valence-electron chi connectivity index (χ1n) is 9.00. The molecule has 1 fully saturated rings. The fourth-order valence-corrected chi connectivity index (χ4v) is 3.86. The molecule has 130 valence electrons. The zero-order chi connectivity index (χ0) is 17.4. The minimum Gasteiger partial charge on any atom is -0.338 e. The number of hydrogen-bond acceptors (Lipinski definition) is 5. The summed E-state index contributed by atoms with van der Waals surface area (Å²) in [6.45, 7) is 6.02. The molecule has 1 aliphatic heterocycles. The molecule has 1 unspecified atom stereocenters. The number of likely N-dealkylation sites (N-methyl/N-ethyl adjacent to an activating group) is 1. The lowest BCUT2D eigenvalue weighted by atomic mass is 9.81. The number of anilines is 1. The molecular formula is C20H24N4O. The third kappa shape index (κ3) is 3.16. The van der Waals surface area contributed by atoms with E-state index in [-0.39, 0.29) is 11.7 Å². The van der Waals surface area contributed by atoms with E-state index < -0.39 is 0 Å². The van der Waals surface area contributed by atoms with Crippen molar-refractivity contribution in [3.8, 4) is 0 Å². The molecule has 1 aliphatic carbocycles. The van der Waals surface area contributed by atoms with Crippen LogP contribution in [0, 0.1) is 6.92 Å². The summed E-state index contributed by atoms with van der Waals surface area (Å²) in [7, 11) is 2.14. The molecule has 0 amide bonds. The quantitative estimate of drug-likeness (QED) is 0.843. The van der Waals surface area contributed by atoms with Crippen molar-refractivity contribution in [1.82, 2.24) is 14.9 Å².